The molecule has 4 nitrogen and oxygen atoms in total. The lowest BCUT2D eigenvalue weighted by molar-refractivity contribution is 0.0535. The highest BCUT2D eigenvalue weighted by Crippen LogP contribution is 2.30. The van der Waals surface area contributed by atoms with Crippen LogP contribution < -0.4 is 0 Å². The molecule has 2 aliphatic heterocycles. The number of esters is 1. The van der Waals surface area contributed by atoms with Crippen molar-refractivity contribution in [2.24, 2.45) is 0 Å². The van der Waals surface area contributed by atoms with E-state index in [2.05, 4.69) is 4.90 Å². The number of hydrogen-bond acceptors (Lipinski definition) is 4. The van der Waals surface area contributed by atoms with E-state index in [0.717, 1.165) is 36.2 Å². The van der Waals surface area contributed by atoms with E-state index < -0.39 is 6.10 Å². The first-order valence-corrected chi connectivity index (χ1v) is 7.34. The number of rotatable bonds is 3. The molecular formula is C15H18ClNO3. The number of cyclic esters (lactones) is 1. The van der Waals surface area contributed by atoms with E-state index in [0.29, 0.717) is 18.7 Å². The maximum Gasteiger partial charge on any atom is 0.338 e. The fraction of sp³-hybridized carbons (Fsp3) is 0.533. The number of carbonyl (C=O) groups excluding carboxylic acids is 1. The third-order valence-corrected chi connectivity index (χ3v) is 4.57. The molecule has 1 aromatic carbocycles. The van der Waals surface area contributed by atoms with Crippen LogP contribution in [0.3, 0.4) is 0 Å². The van der Waals surface area contributed by atoms with Gasteiger partial charge in [0.05, 0.1) is 11.7 Å². The van der Waals surface area contributed by atoms with Gasteiger partial charge in [0.15, 0.2) is 0 Å². The lowest BCUT2D eigenvalue weighted by atomic mass is 9.95. The number of fused-ring (bicyclic) bond motifs is 1. The fourth-order valence-corrected chi connectivity index (χ4v) is 3.32. The molecule has 2 aliphatic rings. The summed E-state index contributed by atoms with van der Waals surface area (Å²) < 4.78 is 5.04. The van der Waals surface area contributed by atoms with Crippen LogP contribution in [-0.2, 0) is 11.3 Å². The van der Waals surface area contributed by atoms with E-state index in [-0.39, 0.29) is 11.3 Å². The van der Waals surface area contributed by atoms with Gasteiger partial charge in [-0.05, 0) is 37.1 Å². The Morgan fingerprint density at radius 3 is 3.05 bits per heavy atom. The van der Waals surface area contributed by atoms with Crippen LogP contribution >= 0.6 is 11.6 Å². The minimum absolute atomic E-state index is 0.189. The molecule has 0 radical (unpaired) electrons. The molecule has 0 spiro atoms. The molecule has 0 aliphatic carbocycles. The van der Waals surface area contributed by atoms with Crippen molar-refractivity contribution >= 4 is 17.6 Å². The molecule has 3 rings (SSSR count). The number of nitrogens with zero attached hydrogens (tertiary/aromatic N) is 1. The zero-order valence-electron chi connectivity index (χ0n) is 11.4. The topological polar surface area (TPSA) is 49.8 Å². The summed E-state index contributed by atoms with van der Waals surface area (Å²) in [6.07, 6.45) is 0.415. The highest BCUT2D eigenvalue weighted by atomic mass is 35.5. The molecule has 0 unspecified atom stereocenters. The quantitative estimate of drug-likeness (QED) is 0.685. The summed E-state index contributed by atoms with van der Waals surface area (Å²) in [5, 5.41) is 10.6. The van der Waals surface area contributed by atoms with Gasteiger partial charge < -0.3 is 9.84 Å². The molecule has 2 atom stereocenters. The van der Waals surface area contributed by atoms with E-state index >= 15 is 0 Å². The predicted octanol–water partition coefficient (Wildman–Crippen LogP) is 2.01. The zero-order chi connectivity index (χ0) is 14.3. The highest BCUT2D eigenvalue weighted by Gasteiger charge is 2.27. The second-order valence-corrected chi connectivity index (χ2v) is 6.16. The van der Waals surface area contributed by atoms with Gasteiger partial charge in [0, 0.05) is 24.0 Å². The van der Waals surface area contributed by atoms with Gasteiger partial charge in [0.1, 0.15) is 6.61 Å². The number of aliphatic hydroxyl groups is 1. The van der Waals surface area contributed by atoms with Gasteiger partial charge >= 0.3 is 5.97 Å². The van der Waals surface area contributed by atoms with Gasteiger partial charge in [-0.2, -0.15) is 0 Å². The summed E-state index contributed by atoms with van der Waals surface area (Å²) in [4.78, 5) is 13.7. The Hall–Kier alpha value is -1.10. The van der Waals surface area contributed by atoms with Crippen molar-refractivity contribution in [1.82, 2.24) is 4.90 Å². The van der Waals surface area contributed by atoms with Gasteiger partial charge in [-0.25, -0.2) is 4.79 Å². The summed E-state index contributed by atoms with van der Waals surface area (Å²) in [7, 11) is 0. The first-order valence-electron chi connectivity index (χ1n) is 6.90. The van der Waals surface area contributed by atoms with Crippen molar-refractivity contribution in [3.63, 3.8) is 0 Å². The molecule has 0 amide bonds. The number of benzene rings is 1. The van der Waals surface area contributed by atoms with Crippen LogP contribution in [0.4, 0.5) is 0 Å². The monoisotopic (exact) mass is 295 g/mol. The van der Waals surface area contributed by atoms with Crippen molar-refractivity contribution in [1.29, 1.82) is 0 Å². The Balaban J connectivity index is 1.78. The van der Waals surface area contributed by atoms with Gasteiger partial charge in [-0.3, -0.25) is 4.90 Å². The van der Waals surface area contributed by atoms with Crippen LogP contribution in [0.1, 0.15) is 39.6 Å². The second kappa shape index (κ2) is 5.35. The average Bonchev–Trinajstić information content (AvgIpc) is 2.97. The lowest BCUT2D eigenvalue weighted by Gasteiger charge is -2.21. The lowest BCUT2D eigenvalue weighted by Crippen LogP contribution is -2.27. The van der Waals surface area contributed by atoms with Gasteiger partial charge in [-0.15, -0.1) is 11.6 Å². The Labute approximate surface area is 123 Å². The maximum absolute atomic E-state index is 11.5. The first kappa shape index (κ1) is 13.9. The van der Waals surface area contributed by atoms with Gasteiger partial charge in [0.25, 0.3) is 0 Å². The maximum atomic E-state index is 11.5. The van der Waals surface area contributed by atoms with Crippen molar-refractivity contribution in [3.05, 3.63) is 34.4 Å². The molecule has 0 saturated carbocycles. The third-order valence-electron chi connectivity index (χ3n) is 4.21. The molecule has 108 valence electrons. The van der Waals surface area contributed by atoms with Crippen molar-refractivity contribution in [2.45, 2.75) is 31.4 Å². The molecule has 20 heavy (non-hydrogen) atoms. The Kier molecular flexibility index (Phi) is 3.71. The number of carbonyl (C=O) groups is 1. The van der Waals surface area contributed by atoms with Crippen LogP contribution in [-0.4, -0.2) is 41.0 Å². The normalized spacial score (nSPS) is 23.8. The summed E-state index contributed by atoms with van der Waals surface area (Å²) in [6, 6.07) is 3.59. The highest BCUT2D eigenvalue weighted by molar-refractivity contribution is 6.20. The predicted molar refractivity (Wildman–Crippen MR) is 76.0 cm³/mol. The molecule has 1 saturated heterocycles. The van der Waals surface area contributed by atoms with Gasteiger partial charge in [0.2, 0.25) is 0 Å². The number of halogens is 1. The average molecular weight is 296 g/mol. The van der Waals surface area contributed by atoms with Crippen LogP contribution in [0, 0.1) is 6.92 Å². The summed E-state index contributed by atoms with van der Waals surface area (Å²) in [5.74, 6) is -0.270. The zero-order valence-corrected chi connectivity index (χ0v) is 12.2. The Morgan fingerprint density at radius 1 is 1.55 bits per heavy atom. The number of alkyl halides is 1. The third kappa shape index (κ3) is 2.43. The molecule has 1 aromatic rings. The van der Waals surface area contributed by atoms with E-state index in [1.165, 1.54) is 0 Å². The standard InChI is InChI=1S/C15H18ClNO3/c1-9-11(2-3-12-13(9)8-20-15(12)19)14(18)7-17-5-4-10(16)6-17/h2-3,10,14,18H,4-8H2,1H3/t10-,14+/m1/s1. The molecule has 1 N–H and O–H groups in total. The van der Waals surface area contributed by atoms with Crippen molar-refractivity contribution < 1.29 is 14.6 Å². The molecule has 0 bridgehead atoms. The molecule has 5 heteroatoms. The Morgan fingerprint density at radius 2 is 2.35 bits per heavy atom. The van der Waals surface area contributed by atoms with E-state index in [1.807, 2.05) is 13.0 Å². The number of ether oxygens (including phenoxy) is 1. The Bertz CT molecular complexity index is 546. The van der Waals surface area contributed by atoms with Crippen molar-refractivity contribution in [3.8, 4) is 0 Å². The summed E-state index contributed by atoms with van der Waals surface area (Å²) in [5.41, 5.74) is 3.37. The van der Waals surface area contributed by atoms with Crippen LogP contribution in [0.2, 0.25) is 0 Å². The van der Waals surface area contributed by atoms with E-state index in [9.17, 15) is 9.90 Å². The minimum atomic E-state index is -0.557. The molecule has 2 heterocycles. The number of likely N-dealkylation sites (tertiary alicyclic amines) is 1. The van der Waals surface area contributed by atoms with E-state index in [1.54, 1.807) is 6.07 Å². The van der Waals surface area contributed by atoms with Crippen molar-refractivity contribution in [2.75, 3.05) is 19.6 Å². The minimum Gasteiger partial charge on any atom is -0.457 e. The SMILES string of the molecule is Cc1c([C@@H](O)CN2CC[C@@H](Cl)C2)ccc2c1COC2=O. The number of aliphatic hydroxyl groups excluding tert-OH is 1. The van der Waals surface area contributed by atoms with E-state index in [4.69, 9.17) is 16.3 Å². The molecular weight excluding hydrogens is 278 g/mol. The summed E-state index contributed by atoms with van der Waals surface area (Å²) >= 11 is 6.08. The second-order valence-electron chi connectivity index (χ2n) is 5.54. The van der Waals surface area contributed by atoms with Gasteiger partial charge in [-0.1, -0.05) is 6.07 Å². The van der Waals surface area contributed by atoms with Crippen LogP contribution in [0.15, 0.2) is 12.1 Å². The van der Waals surface area contributed by atoms with Crippen LogP contribution in [0.5, 0.6) is 0 Å². The first-order chi connectivity index (χ1) is 9.56. The number of β-amino-alcohol motifs (C(OH)–C–C–N with tert-alkyl or cyclic N) is 1. The summed E-state index contributed by atoms with van der Waals surface area (Å²) in [6.45, 7) is 4.58. The fourth-order valence-electron chi connectivity index (χ4n) is 3.02. The van der Waals surface area contributed by atoms with Crippen LogP contribution in [0.25, 0.3) is 0 Å². The smallest absolute Gasteiger partial charge is 0.338 e. The molecule has 0 aromatic heterocycles. The molecule has 1 fully saturated rings. The number of hydrogen-bond donors (Lipinski definition) is 1. The largest absolute Gasteiger partial charge is 0.457 e.